The molecule has 1 aliphatic heterocycles. The van der Waals surface area contributed by atoms with Crippen molar-refractivity contribution in [1.29, 1.82) is 0 Å². The van der Waals surface area contributed by atoms with E-state index in [0.717, 1.165) is 32.1 Å². The van der Waals surface area contributed by atoms with Crippen LogP contribution < -0.4 is 5.32 Å². The summed E-state index contributed by atoms with van der Waals surface area (Å²) in [5, 5.41) is 13.3. The van der Waals surface area contributed by atoms with E-state index in [1.165, 1.54) is 42.4 Å². The summed E-state index contributed by atoms with van der Waals surface area (Å²) in [6.45, 7) is 8.79. The highest BCUT2D eigenvalue weighted by molar-refractivity contribution is 5.42. The standard InChI is InChI=1S/C18H28N2O/c1-13-11-16(21)12-14(2)17(13)18(15-5-3-4-6-15)20-9-7-19-8-10-20/h11-12,15,18-19,21H,3-10H2,1-2H3/t18-/m0/s1. The summed E-state index contributed by atoms with van der Waals surface area (Å²) in [5.74, 6) is 1.18. The molecule has 1 atom stereocenters. The minimum Gasteiger partial charge on any atom is -0.508 e. The van der Waals surface area contributed by atoms with E-state index in [1.807, 2.05) is 12.1 Å². The molecule has 0 bridgehead atoms. The summed E-state index contributed by atoms with van der Waals surface area (Å²) in [7, 11) is 0. The molecule has 21 heavy (non-hydrogen) atoms. The number of rotatable bonds is 3. The minimum absolute atomic E-state index is 0.402. The fourth-order valence-electron chi connectivity index (χ4n) is 4.37. The molecular formula is C18H28N2O. The summed E-state index contributed by atoms with van der Waals surface area (Å²) in [6.07, 6.45) is 5.47. The first kappa shape index (κ1) is 14.9. The van der Waals surface area contributed by atoms with E-state index in [4.69, 9.17) is 0 Å². The van der Waals surface area contributed by atoms with Crippen molar-refractivity contribution >= 4 is 0 Å². The lowest BCUT2D eigenvalue weighted by molar-refractivity contribution is 0.124. The zero-order chi connectivity index (χ0) is 14.8. The molecule has 3 nitrogen and oxygen atoms in total. The molecule has 116 valence electrons. The Morgan fingerprint density at radius 1 is 1.10 bits per heavy atom. The molecule has 1 heterocycles. The zero-order valence-electron chi connectivity index (χ0n) is 13.4. The number of phenolic OH excluding ortho intramolecular Hbond substituents is 1. The van der Waals surface area contributed by atoms with Crippen LogP contribution in [0, 0.1) is 19.8 Å². The van der Waals surface area contributed by atoms with Gasteiger partial charge in [0.2, 0.25) is 0 Å². The van der Waals surface area contributed by atoms with Crippen LogP contribution in [0.4, 0.5) is 0 Å². The van der Waals surface area contributed by atoms with Crippen molar-refractivity contribution in [2.45, 2.75) is 45.6 Å². The SMILES string of the molecule is Cc1cc(O)cc(C)c1[C@H](C1CCCC1)N1CCNCC1. The number of nitrogens with zero attached hydrogens (tertiary/aromatic N) is 1. The van der Waals surface area contributed by atoms with E-state index in [9.17, 15) is 5.11 Å². The quantitative estimate of drug-likeness (QED) is 0.897. The van der Waals surface area contributed by atoms with E-state index in [1.54, 1.807) is 0 Å². The first-order chi connectivity index (χ1) is 10.2. The molecule has 0 amide bonds. The Balaban J connectivity index is 1.97. The normalized spacial score (nSPS) is 22.6. The maximum Gasteiger partial charge on any atom is 0.116 e. The molecule has 3 heteroatoms. The number of nitrogens with one attached hydrogen (secondary N) is 1. The highest BCUT2D eigenvalue weighted by atomic mass is 16.3. The molecule has 0 radical (unpaired) electrons. The van der Waals surface area contributed by atoms with E-state index in [-0.39, 0.29) is 0 Å². The van der Waals surface area contributed by atoms with Crippen molar-refractivity contribution < 1.29 is 5.11 Å². The van der Waals surface area contributed by atoms with Gasteiger partial charge in [-0.3, -0.25) is 4.90 Å². The molecule has 0 unspecified atom stereocenters. The van der Waals surface area contributed by atoms with E-state index in [2.05, 4.69) is 24.1 Å². The smallest absolute Gasteiger partial charge is 0.116 e. The van der Waals surface area contributed by atoms with Crippen LogP contribution in [0.1, 0.15) is 48.4 Å². The molecule has 0 spiro atoms. The third-order valence-electron chi connectivity index (χ3n) is 5.27. The number of aromatic hydroxyl groups is 1. The van der Waals surface area contributed by atoms with Gasteiger partial charge < -0.3 is 10.4 Å². The van der Waals surface area contributed by atoms with E-state index in [0.29, 0.717) is 11.8 Å². The zero-order valence-corrected chi connectivity index (χ0v) is 13.4. The van der Waals surface area contributed by atoms with Gasteiger partial charge in [0.15, 0.2) is 0 Å². The second kappa shape index (κ2) is 6.37. The third-order valence-corrected chi connectivity index (χ3v) is 5.27. The van der Waals surface area contributed by atoms with Gasteiger partial charge in [-0.1, -0.05) is 12.8 Å². The average Bonchev–Trinajstić information content (AvgIpc) is 2.97. The number of hydrogen-bond acceptors (Lipinski definition) is 3. The van der Waals surface area contributed by atoms with Gasteiger partial charge in [0, 0.05) is 32.2 Å². The lowest BCUT2D eigenvalue weighted by Gasteiger charge is -2.40. The Hall–Kier alpha value is -1.06. The van der Waals surface area contributed by atoms with Crippen molar-refractivity contribution in [3.63, 3.8) is 0 Å². The number of aryl methyl sites for hydroxylation is 2. The van der Waals surface area contributed by atoms with Gasteiger partial charge in [0.25, 0.3) is 0 Å². The van der Waals surface area contributed by atoms with Crippen LogP contribution in [0.2, 0.25) is 0 Å². The number of piperazine rings is 1. The highest BCUT2D eigenvalue weighted by Crippen LogP contribution is 2.42. The van der Waals surface area contributed by atoms with Crippen molar-refractivity contribution in [3.8, 4) is 5.75 Å². The molecule has 1 saturated carbocycles. The summed E-state index contributed by atoms with van der Waals surface area (Å²) in [6, 6.07) is 4.41. The molecule has 3 rings (SSSR count). The van der Waals surface area contributed by atoms with Crippen molar-refractivity contribution in [2.24, 2.45) is 5.92 Å². The van der Waals surface area contributed by atoms with Gasteiger partial charge in [-0.2, -0.15) is 0 Å². The van der Waals surface area contributed by atoms with Gasteiger partial charge in [0.05, 0.1) is 0 Å². The average molecular weight is 288 g/mol. The maximum absolute atomic E-state index is 9.85. The largest absolute Gasteiger partial charge is 0.508 e. The first-order valence-corrected chi connectivity index (χ1v) is 8.41. The Kier molecular flexibility index (Phi) is 4.51. The Bertz CT molecular complexity index is 465. The lowest BCUT2D eigenvalue weighted by atomic mass is 9.85. The fourth-order valence-corrected chi connectivity index (χ4v) is 4.37. The van der Waals surface area contributed by atoms with Crippen LogP contribution in [0.15, 0.2) is 12.1 Å². The fraction of sp³-hybridized carbons (Fsp3) is 0.667. The molecule has 1 aromatic rings. The van der Waals surface area contributed by atoms with Crippen molar-refractivity contribution in [3.05, 3.63) is 28.8 Å². The van der Waals surface area contributed by atoms with E-state index < -0.39 is 0 Å². The van der Waals surface area contributed by atoms with E-state index >= 15 is 0 Å². The van der Waals surface area contributed by atoms with Gasteiger partial charge in [-0.05, 0) is 61.4 Å². The minimum atomic E-state index is 0.402. The van der Waals surface area contributed by atoms with Crippen molar-refractivity contribution in [1.82, 2.24) is 10.2 Å². The molecule has 0 aromatic heterocycles. The Morgan fingerprint density at radius 3 is 2.24 bits per heavy atom. The van der Waals surface area contributed by atoms with Crippen LogP contribution in [0.5, 0.6) is 5.75 Å². The first-order valence-electron chi connectivity index (χ1n) is 8.41. The Labute approximate surface area is 128 Å². The molecule has 2 fully saturated rings. The molecule has 1 aromatic carbocycles. The van der Waals surface area contributed by atoms with Gasteiger partial charge >= 0.3 is 0 Å². The molecular weight excluding hydrogens is 260 g/mol. The monoisotopic (exact) mass is 288 g/mol. The van der Waals surface area contributed by atoms with Gasteiger partial charge in [0.1, 0.15) is 5.75 Å². The van der Waals surface area contributed by atoms with Gasteiger partial charge in [-0.15, -0.1) is 0 Å². The summed E-state index contributed by atoms with van der Waals surface area (Å²) in [4.78, 5) is 2.68. The molecule has 2 aliphatic rings. The van der Waals surface area contributed by atoms with Crippen molar-refractivity contribution in [2.75, 3.05) is 26.2 Å². The predicted molar refractivity (Wildman–Crippen MR) is 86.7 cm³/mol. The second-order valence-electron chi connectivity index (χ2n) is 6.77. The van der Waals surface area contributed by atoms with Gasteiger partial charge in [-0.25, -0.2) is 0 Å². The second-order valence-corrected chi connectivity index (χ2v) is 6.77. The number of phenols is 1. The molecule has 1 aliphatic carbocycles. The number of benzene rings is 1. The lowest BCUT2D eigenvalue weighted by Crippen LogP contribution is -2.47. The van der Waals surface area contributed by atoms with Crippen LogP contribution >= 0.6 is 0 Å². The van der Waals surface area contributed by atoms with Crippen LogP contribution in [0.25, 0.3) is 0 Å². The predicted octanol–water partition coefficient (Wildman–Crippen LogP) is 3.15. The summed E-state index contributed by atoms with van der Waals surface area (Å²) >= 11 is 0. The summed E-state index contributed by atoms with van der Waals surface area (Å²) < 4.78 is 0. The molecule has 1 saturated heterocycles. The maximum atomic E-state index is 9.85. The van der Waals surface area contributed by atoms with Crippen LogP contribution in [-0.2, 0) is 0 Å². The summed E-state index contributed by atoms with van der Waals surface area (Å²) in [5.41, 5.74) is 3.98. The molecule has 2 N–H and O–H groups in total. The van der Waals surface area contributed by atoms with Crippen LogP contribution in [0.3, 0.4) is 0 Å². The highest BCUT2D eigenvalue weighted by Gasteiger charge is 2.33. The van der Waals surface area contributed by atoms with Crippen LogP contribution in [-0.4, -0.2) is 36.2 Å². The third kappa shape index (κ3) is 3.09. The number of hydrogen-bond donors (Lipinski definition) is 2. The Morgan fingerprint density at radius 2 is 1.67 bits per heavy atom. The topological polar surface area (TPSA) is 35.5 Å².